The van der Waals surface area contributed by atoms with Crippen molar-refractivity contribution in [2.24, 2.45) is 0 Å². The summed E-state index contributed by atoms with van der Waals surface area (Å²) >= 11 is 0. The van der Waals surface area contributed by atoms with Crippen LogP contribution in [0.25, 0.3) is 10.9 Å². The van der Waals surface area contributed by atoms with E-state index >= 15 is 0 Å². The molecule has 1 aromatic heterocycles. The Labute approximate surface area is 112 Å². The molecule has 0 aliphatic carbocycles. The van der Waals surface area contributed by atoms with Crippen molar-refractivity contribution in [1.29, 1.82) is 0 Å². The van der Waals surface area contributed by atoms with Crippen LogP contribution in [0.4, 0.5) is 5.69 Å². The molecule has 1 fully saturated rings. The minimum Gasteiger partial charge on any atom is -0.367 e. The van der Waals surface area contributed by atoms with E-state index in [1.165, 1.54) is 11.1 Å². The lowest BCUT2D eigenvalue weighted by Crippen LogP contribution is -2.45. The summed E-state index contributed by atoms with van der Waals surface area (Å²) in [4.78, 5) is 19.5. The van der Waals surface area contributed by atoms with Gasteiger partial charge in [0.1, 0.15) is 0 Å². The Morgan fingerprint density at radius 3 is 2.63 bits per heavy atom. The third-order valence-electron chi connectivity index (χ3n) is 3.63. The summed E-state index contributed by atoms with van der Waals surface area (Å²) in [7, 11) is 0. The molecule has 0 saturated carbocycles. The van der Waals surface area contributed by atoms with Crippen molar-refractivity contribution in [2.45, 2.75) is 6.92 Å². The second kappa shape index (κ2) is 4.88. The number of amides is 1. The fourth-order valence-corrected chi connectivity index (χ4v) is 2.62. The zero-order valence-corrected chi connectivity index (χ0v) is 11.0. The molecule has 1 aliphatic heterocycles. The molecule has 0 atom stereocenters. The highest BCUT2D eigenvalue weighted by Gasteiger charge is 2.18. The molecule has 1 amide bonds. The molecule has 1 aliphatic rings. The van der Waals surface area contributed by atoms with Gasteiger partial charge in [-0.1, -0.05) is 18.2 Å². The van der Waals surface area contributed by atoms with Gasteiger partial charge in [-0.2, -0.15) is 0 Å². The Morgan fingerprint density at radius 1 is 1.16 bits per heavy atom. The van der Waals surface area contributed by atoms with Crippen molar-refractivity contribution in [3.8, 4) is 0 Å². The first kappa shape index (κ1) is 12.0. The first-order valence-corrected chi connectivity index (χ1v) is 6.58. The average molecular weight is 255 g/mol. The van der Waals surface area contributed by atoms with E-state index in [9.17, 15) is 4.79 Å². The van der Waals surface area contributed by atoms with Crippen LogP contribution in [0.2, 0.25) is 0 Å². The highest BCUT2D eigenvalue weighted by molar-refractivity contribution is 5.92. The SMILES string of the molecule is Cc1cc(N2CCN(C=O)CC2)c2ccccc2n1. The van der Waals surface area contributed by atoms with Gasteiger partial charge < -0.3 is 9.80 Å². The van der Waals surface area contributed by atoms with Gasteiger partial charge in [-0.3, -0.25) is 9.78 Å². The van der Waals surface area contributed by atoms with Gasteiger partial charge in [-0.15, -0.1) is 0 Å². The van der Waals surface area contributed by atoms with Gasteiger partial charge in [-0.05, 0) is 19.1 Å². The molecule has 0 spiro atoms. The third kappa shape index (κ3) is 2.26. The molecular formula is C15H17N3O. The summed E-state index contributed by atoms with van der Waals surface area (Å²) in [5.41, 5.74) is 3.30. The number of benzene rings is 1. The number of hydrogen-bond donors (Lipinski definition) is 0. The standard InChI is InChI=1S/C15H17N3O/c1-12-10-15(13-4-2-3-5-14(13)16-12)18-8-6-17(11-19)7-9-18/h2-5,10-11H,6-9H2,1H3. The maximum atomic E-state index is 10.8. The molecule has 3 rings (SSSR count). The Morgan fingerprint density at radius 2 is 1.89 bits per heavy atom. The lowest BCUT2D eigenvalue weighted by Gasteiger charge is -2.34. The number of nitrogens with zero attached hydrogens (tertiary/aromatic N) is 3. The minimum atomic E-state index is 0.791. The lowest BCUT2D eigenvalue weighted by molar-refractivity contribution is -0.118. The third-order valence-corrected chi connectivity index (χ3v) is 3.63. The van der Waals surface area contributed by atoms with E-state index in [-0.39, 0.29) is 0 Å². The van der Waals surface area contributed by atoms with Crippen LogP contribution in [0.15, 0.2) is 30.3 Å². The Kier molecular flexibility index (Phi) is 3.07. The highest BCUT2D eigenvalue weighted by atomic mass is 16.1. The number of carbonyl (C=O) groups excluding carboxylic acids is 1. The summed E-state index contributed by atoms with van der Waals surface area (Å²) in [5.74, 6) is 0. The van der Waals surface area contributed by atoms with Crippen LogP contribution >= 0.6 is 0 Å². The highest BCUT2D eigenvalue weighted by Crippen LogP contribution is 2.27. The molecule has 19 heavy (non-hydrogen) atoms. The zero-order valence-electron chi connectivity index (χ0n) is 11.0. The second-order valence-electron chi connectivity index (χ2n) is 4.93. The van der Waals surface area contributed by atoms with Crippen LogP contribution in [0.5, 0.6) is 0 Å². The smallest absolute Gasteiger partial charge is 0.209 e. The summed E-state index contributed by atoms with van der Waals surface area (Å²) in [5, 5.41) is 1.19. The lowest BCUT2D eigenvalue weighted by atomic mass is 10.1. The van der Waals surface area contributed by atoms with Crippen molar-refractivity contribution in [1.82, 2.24) is 9.88 Å². The van der Waals surface area contributed by atoms with E-state index in [1.807, 2.05) is 30.0 Å². The maximum absolute atomic E-state index is 10.8. The Balaban J connectivity index is 1.98. The summed E-state index contributed by atoms with van der Waals surface area (Å²) in [6.45, 7) is 5.37. The minimum absolute atomic E-state index is 0.791. The number of rotatable bonds is 2. The fourth-order valence-electron chi connectivity index (χ4n) is 2.62. The quantitative estimate of drug-likeness (QED) is 0.768. The van der Waals surface area contributed by atoms with Gasteiger partial charge in [0, 0.05) is 42.9 Å². The summed E-state index contributed by atoms with van der Waals surface area (Å²) < 4.78 is 0. The number of anilines is 1. The largest absolute Gasteiger partial charge is 0.367 e. The van der Waals surface area contributed by atoms with E-state index in [1.54, 1.807) is 0 Å². The van der Waals surface area contributed by atoms with Gasteiger partial charge in [0.25, 0.3) is 0 Å². The molecule has 2 aromatic rings. The molecule has 0 bridgehead atoms. The fraction of sp³-hybridized carbons (Fsp3) is 0.333. The van der Waals surface area contributed by atoms with Crippen molar-refractivity contribution >= 4 is 23.0 Å². The Hall–Kier alpha value is -2.10. The van der Waals surface area contributed by atoms with Crippen LogP contribution in [-0.2, 0) is 4.79 Å². The number of carbonyl (C=O) groups is 1. The van der Waals surface area contributed by atoms with Gasteiger partial charge >= 0.3 is 0 Å². The number of piperazine rings is 1. The maximum Gasteiger partial charge on any atom is 0.209 e. The van der Waals surface area contributed by atoms with Crippen LogP contribution in [0.3, 0.4) is 0 Å². The number of aromatic nitrogens is 1. The number of aryl methyl sites for hydroxylation is 1. The average Bonchev–Trinajstić information content (AvgIpc) is 2.46. The van der Waals surface area contributed by atoms with Gasteiger partial charge in [-0.25, -0.2) is 0 Å². The van der Waals surface area contributed by atoms with Crippen LogP contribution < -0.4 is 4.90 Å². The first-order chi connectivity index (χ1) is 9.28. The zero-order chi connectivity index (χ0) is 13.2. The van der Waals surface area contributed by atoms with Crippen molar-refractivity contribution < 1.29 is 4.79 Å². The number of para-hydroxylation sites is 1. The number of fused-ring (bicyclic) bond motifs is 1. The van der Waals surface area contributed by atoms with E-state index in [4.69, 9.17) is 0 Å². The van der Waals surface area contributed by atoms with E-state index in [2.05, 4.69) is 22.0 Å². The molecule has 0 unspecified atom stereocenters. The van der Waals surface area contributed by atoms with E-state index in [0.717, 1.165) is 43.8 Å². The van der Waals surface area contributed by atoms with Crippen LogP contribution in [0.1, 0.15) is 5.69 Å². The first-order valence-electron chi connectivity index (χ1n) is 6.58. The van der Waals surface area contributed by atoms with E-state index < -0.39 is 0 Å². The summed E-state index contributed by atoms with van der Waals surface area (Å²) in [6, 6.07) is 10.4. The monoisotopic (exact) mass is 255 g/mol. The van der Waals surface area contributed by atoms with Crippen molar-refractivity contribution in [3.63, 3.8) is 0 Å². The normalized spacial score (nSPS) is 15.8. The van der Waals surface area contributed by atoms with Crippen molar-refractivity contribution in [2.75, 3.05) is 31.1 Å². The topological polar surface area (TPSA) is 36.4 Å². The molecule has 0 N–H and O–H groups in total. The molecule has 4 nitrogen and oxygen atoms in total. The Bertz CT molecular complexity index is 603. The number of pyridine rings is 1. The molecule has 1 aromatic carbocycles. The molecular weight excluding hydrogens is 238 g/mol. The predicted molar refractivity (Wildman–Crippen MR) is 76.3 cm³/mol. The molecule has 2 heterocycles. The molecule has 1 saturated heterocycles. The predicted octanol–water partition coefficient (Wildman–Crippen LogP) is 1.82. The molecule has 4 heteroatoms. The molecule has 0 radical (unpaired) electrons. The molecule has 98 valence electrons. The summed E-state index contributed by atoms with van der Waals surface area (Å²) in [6.07, 6.45) is 0.938. The van der Waals surface area contributed by atoms with Crippen molar-refractivity contribution in [3.05, 3.63) is 36.0 Å². The van der Waals surface area contributed by atoms with Crippen LogP contribution in [-0.4, -0.2) is 42.5 Å². The van der Waals surface area contributed by atoms with Gasteiger partial charge in [0.15, 0.2) is 0 Å². The van der Waals surface area contributed by atoms with Gasteiger partial charge in [0.2, 0.25) is 6.41 Å². The number of hydrogen-bond acceptors (Lipinski definition) is 3. The van der Waals surface area contributed by atoms with Crippen LogP contribution in [0, 0.1) is 6.92 Å². The second-order valence-corrected chi connectivity index (χ2v) is 4.93. The van der Waals surface area contributed by atoms with Gasteiger partial charge in [0.05, 0.1) is 5.52 Å². The van der Waals surface area contributed by atoms with E-state index in [0.29, 0.717) is 0 Å².